The monoisotopic (exact) mass is 562 g/mol. The van der Waals surface area contributed by atoms with Crippen LogP contribution in [-0.2, 0) is 19.6 Å². The minimum atomic E-state index is 0. The molecule has 2 N–H and O–H groups in total. The highest BCUT2D eigenvalue weighted by Crippen LogP contribution is 2.19. The van der Waals surface area contributed by atoms with Crippen molar-refractivity contribution in [1.82, 2.24) is 20.4 Å². The molecule has 6 nitrogen and oxygen atoms in total. The average Bonchev–Trinajstić information content (AvgIpc) is 3.34. The Hall–Kier alpha value is -2.20. The van der Waals surface area contributed by atoms with Gasteiger partial charge in [0.05, 0.1) is 6.54 Å². The number of benzene rings is 2. The first-order chi connectivity index (χ1) is 15.3. The van der Waals surface area contributed by atoms with E-state index in [1.165, 1.54) is 33.9 Å². The van der Waals surface area contributed by atoms with Crippen LogP contribution in [0.4, 0.5) is 5.69 Å². The number of thioether (sulfide) groups is 1. The van der Waals surface area contributed by atoms with Crippen LogP contribution in [0.1, 0.15) is 16.7 Å². The number of aliphatic imine (C=N–C) groups is 1. The molecule has 0 aliphatic carbocycles. The molecule has 1 aromatic heterocycles. The molecule has 0 amide bonds. The Labute approximate surface area is 211 Å². The van der Waals surface area contributed by atoms with Crippen molar-refractivity contribution in [2.75, 3.05) is 36.5 Å². The lowest BCUT2D eigenvalue weighted by Gasteiger charge is -2.28. The summed E-state index contributed by atoms with van der Waals surface area (Å²) in [6.45, 7) is 4.49. The molecule has 0 radical (unpaired) electrons. The van der Waals surface area contributed by atoms with Gasteiger partial charge >= 0.3 is 0 Å². The van der Waals surface area contributed by atoms with Crippen molar-refractivity contribution in [3.05, 3.63) is 83.7 Å². The van der Waals surface area contributed by atoms with E-state index in [9.17, 15) is 0 Å². The number of rotatable bonds is 7. The summed E-state index contributed by atoms with van der Waals surface area (Å²) in [4.78, 5) is 6.85. The number of nitrogens with one attached hydrogen (secondary N) is 2. The normalized spacial score (nSPS) is 14.0. The van der Waals surface area contributed by atoms with Gasteiger partial charge in [0.15, 0.2) is 5.96 Å². The number of hydrogen-bond donors (Lipinski definition) is 2. The molecule has 1 fully saturated rings. The van der Waals surface area contributed by atoms with Gasteiger partial charge in [0.1, 0.15) is 0 Å². The summed E-state index contributed by atoms with van der Waals surface area (Å²) < 4.78 is 1.94. The van der Waals surface area contributed by atoms with Crippen molar-refractivity contribution >= 4 is 47.4 Å². The van der Waals surface area contributed by atoms with Crippen LogP contribution < -0.4 is 15.5 Å². The molecule has 3 aromatic rings. The molecule has 0 atom stereocenters. The Bertz CT molecular complexity index is 968. The van der Waals surface area contributed by atoms with E-state index < -0.39 is 0 Å². The predicted octanol–water partition coefficient (Wildman–Crippen LogP) is 3.97. The summed E-state index contributed by atoms with van der Waals surface area (Å²) in [5, 5.41) is 11.2. The average molecular weight is 563 g/mol. The van der Waals surface area contributed by atoms with Gasteiger partial charge < -0.3 is 15.5 Å². The van der Waals surface area contributed by atoms with Crippen LogP contribution in [-0.4, -0.2) is 47.4 Å². The van der Waals surface area contributed by atoms with Gasteiger partial charge in [-0.05, 0) is 34.9 Å². The van der Waals surface area contributed by atoms with Gasteiger partial charge in [-0.2, -0.15) is 16.9 Å². The SMILES string of the molecule is CN=C(NCc1ccc(N2CCSCC2)cc1)NCc1ccccc1Cn1cccn1.I. The molecule has 170 valence electrons. The fourth-order valence-corrected chi connectivity index (χ4v) is 4.59. The maximum atomic E-state index is 4.38. The van der Waals surface area contributed by atoms with Crippen LogP contribution in [0.15, 0.2) is 72.0 Å². The molecule has 4 rings (SSSR count). The minimum Gasteiger partial charge on any atom is -0.370 e. The van der Waals surface area contributed by atoms with E-state index in [2.05, 4.69) is 74.2 Å². The van der Waals surface area contributed by atoms with E-state index >= 15 is 0 Å². The quantitative estimate of drug-likeness (QED) is 0.260. The number of hydrogen-bond acceptors (Lipinski definition) is 4. The maximum Gasteiger partial charge on any atom is 0.191 e. The third kappa shape index (κ3) is 6.90. The highest BCUT2D eigenvalue weighted by molar-refractivity contribution is 14.0. The Kier molecular flexibility index (Phi) is 9.73. The molecular weight excluding hydrogens is 531 g/mol. The zero-order valence-corrected chi connectivity index (χ0v) is 21.6. The summed E-state index contributed by atoms with van der Waals surface area (Å²) >= 11 is 2.04. The van der Waals surface area contributed by atoms with Gasteiger partial charge in [-0.15, -0.1) is 24.0 Å². The van der Waals surface area contributed by atoms with Gasteiger partial charge in [0.25, 0.3) is 0 Å². The number of halogens is 1. The van der Waals surface area contributed by atoms with Gasteiger partial charge in [0, 0.05) is 62.8 Å². The second-order valence-corrected chi connectivity index (χ2v) is 8.74. The number of anilines is 1. The van der Waals surface area contributed by atoms with Gasteiger partial charge in [-0.25, -0.2) is 0 Å². The van der Waals surface area contributed by atoms with Crippen molar-refractivity contribution in [2.45, 2.75) is 19.6 Å². The number of nitrogens with zero attached hydrogens (tertiary/aromatic N) is 4. The summed E-state index contributed by atoms with van der Waals surface area (Å²) in [5.41, 5.74) is 5.06. The molecule has 0 spiro atoms. The van der Waals surface area contributed by atoms with Crippen LogP contribution in [0.25, 0.3) is 0 Å². The lowest BCUT2D eigenvalue weighted by atomic mass is 10.1. The third-order valence-electron chi connectivity index (χ3n) is 5.45. The Morgan fingerprint density at radius 1 is 0.969 bits per heavy atom. The van der Waals surface area contributed by atoms with Crippen LogP contribution in [0.3, 0.4) is 0 Å². The molecule has 0 bridgehead atoms. The van der Waals surface area contributed by atoms with Crippen molar-refractivity contribution in [2.24, 2.45) is 4.99 Å². The first-order valence-electron chi connectivity index (χ1n) is 10.7. The maximum absolute atomic E-state index is 4.38. The smallest absolute Gasteiger partial charge is 0.191 e. The largest absolute Gasteiger partial charge is 0.370 e. The molecule has 32 heavy (non-hydrogen) atoms. The van der Waals surface area contributed by atoms with Crippen molar-refractivity contribution < 1.29 is 0 Å². The van der Waals surface area contributed by atoms with E-state index in [-0.39, 0.29) is 24.0 Å². The van der Waals surface area contributed by atoms with E-state index in [0.717, 1.165) is 32.1 Å². The third-order valence-corrected chi connectivity index (χ3v) is 6.39. The molecule has 2 aromatic carbocycles. The summed E-state index contributed by atoms with van der Waals surface area (Å²) in [6, 6.07) is 19.3. The Balaban J connectivity index is 0.00000289. The van der Waals surface area contributed by atoms with Crippen LogP contribution in [0.2, 0.25) is 0 Å². The van der Waals surface area contributed by atoms with Gasteiger partial charge in [-0.1, -0.05) is 36.4 Å². The fourth-order valence-electron chi connectivity index (χ4n) is 3.68. The predicted molar refractivity (Wildman–Crippen MR) is 146 cm³/mol. The van der Waals surface area contributed by atoms with E-state index in [0.29, 0.717) is 6.54 Å². The van der Waals surface area contributed by atoms with Crippen molar-refractivity contribution in [3.8, 4) is 0 Å². The number of guanidine groups is 1. The summed E-state index contributed by atoms with van der Waals surface area (Å²) in [5.74, 6) is 3.23. The minimum absolute atomic E-state index is 0. The number of aromatic nitrogens is 2. The van der Waals surface area contributed by atoms with Gasteiger partial charge in [-0.3, -0.25) is 9.67 Å². The zero-order chi connectivity index (χ0) is 21.3. The standard InChI is InChI=1S/C24H30N6S.HI/c1-25-24(26-17-20-7-9-23(10-8-20)29-13-15-31-16-14-29)27-18-21-5-2-3-6-22(21)19-30-12-4-11-28-30;/h2-12H,13-19H2,1H3,(H2,25,26,27);1H. The van der Waals surface area contributed by atoms with Crippen LogP contribution in [0, 0.1) is 0 Å². The van der Waals surface area contributed by atoms with Gasteiger partial charge in [0.2, 0.25) is 0 Å². The highest BCUT2D eigenvalue weighted by atomic mass is 127. The molecule has 1 saturated heterocycles. The molecular formula is C24H31IN6S. The fraction of sp³-hybridized carbons (Fsp3) is 0.333. The summed E-state index contributed by atoms with van der Waals surface area (Å²) in [7, 11) is 1.81. The first kappa shape index (κ1) is 24.4. The lowest BCUT2D eigenvalue weighted by molar-refractivity contribution is 0.677. The van der Waals surface area contributed by atoms with Crippen LogP contribution >= 0.6 is 35.7 Å². The van der Waals surface area contributed by atoms with Crippen molar-refractivity contribution in [1.29, 1.82) is 0 Å². The lowest BCUT2D eigenvalue weighted by Crippen LogP contribution is -2.36. The Morgan fingerprint density at radius 3 is 2.38 bits per heavy atom. The molecule has 0 saturated carbocycles. The van der Waals surface area contributed by atoms with Crippen molar-refractivity contribution in [3.63, 3.8) is 0 Å². The second kappa shape index (κ2) is 12.7. The van der Waals surface area contributed by atoms with Crippen LogP contribution in [0.5, 0.6) is 0 Å². The molecule has 8 heteroatoms. The van der Waals surface area contributed by atoms with E-state index in [1.807, 2.05) is 42.0 Å². The topological polar surface area (TPSA) is 57.5 Å². The zero-order valence-electron chi connectivity index (χ0n) is 18.4. The summed E-state index contributed by atoms with van der Waals surface area (Å²) in [6.07, 6.45) is 3.80. The molecule has 1 aliphatic heterocycles. The molecule has 1 aliphatic rings. The van der Waals surface area contributed by atoms with E-state index in [4.69, 9.17) is 0 Å². The van der Waals surface area contributed by atoms with E-state index in [1.54, 1.807) is 0 Å². The second-order valence-electron chi connectivity index (χ2n) is 7.52. The molecule has 2 heterocycles. The Morgan fingerprint density at radius 2 is 1.69 bits per heavy atom. The molecule has 0 unspecified atom stereocenters. The highest BCUT2D eigenvalue weighted by Gasteiger charge is 2.11. The first-order valence-corrected chi connectivity index (χ1v) is 11.9.